The summed E-state index contributed by atoms with van der Waals surface area (Å²) in [6.45, 7) is -0.132. The predicted octanol–water partition coefficient (Wildman–Crippen LogP) is -0.336. The maximum absolute atomic E-state index is 10.2. The van der Waals surface area contributed by atoms with Gasteiger partial charge in [-0.1, -0.05) is 12.1 Å². The minimum atomic E-state index is -0.938. The van der Waals surface area contributed by atoms with Crippen LogP contribution in [0.3, 0.4) is 0 Å². The lowest BCUT2D eigenvalue weighted by molar-refractivity contribution is -1.06. The van der Waals surface area contributed by atoms with Crippen LogP contribution in [0.25, 0.3) is 0 Å². The Hall–Kier alpha value is -1.10. The fraction of sp³-hybridized carbons (Fsp3) is 0.143. The van der Waals surface area contributed by atoms with Crippen LogP contribution >= 0.6 is 0 Å². The Morgan fingerprint density at radius 2 is 2.00 bits per heavy atom. The molecule has 0 radical (unpaired) electrons. The molecular formula is C7H9NO3. The highest BCUT2D eigenvalue weighted by molar-refractivity contribution is 5.30. The molecule has 0 saturated heterocycles. The van der Waals surface area contributed by atoms with Crippen molar-refractivity contribution in [1.29, 1.82) is 0 Å². The Morgan fingerprint density at radius 1 is 1.36 bits per heavy atom. The van der Waals surface area contributed by atoms with Gasteiger partial charge in [0.05, 0.1) is 5.56 Å². The van der Waals surface area contributed by atoms with Crippen LogP contribution in [0.1, 0.15) is 5.56 Å². The smallest absolute Gasteiger partial charge is 0.136 e. The zero-order valence-corrected chi connectivity index (χ0v) is 5.82. The van der Waals surface area contributed by atoms with Crippen molar-refractivity contribution in [2.75, 3.05) is 0 Å². The first kappa shape index (κ1) is 8.00. The normalized spacial score (nSPS) is 12.9. The molecule has 0 aliphatic carbocycles. The highest BCUT2D eigenvalue weighted by Crippen LogP contribution is 2.13. The maximum atomic E-state index is 10.2. The SMILES string of the molecule is [O-][NH+](O)Cc1ccccc1O. The molecule has 1 aromatic carbocycles. The van der Waals surface area contributed by atoms with Gasteiger partial charge in [-0.15, -0.1) is 0 Å². The number of hydroxylamine groups is 2. The van der Waals surface area contributed by atoms with E-state index in [2.05, 4.69) is 0 Å². The fourth-order valence-electron chi connectivity index (χ4n) is 0.823. The van der Waals surface area contributed by atoms with Gasteiger partial charge in [0.2, 0.25) is 0 Å². The maximum Gasteiger partial charge on any atom is 0.136 e. The lowest BCUT2D eigenvalue weighted by Gasteiger charge is -2.12. The molecule has 0 fully saturated rings. The molecular weight excluding hydrogens is 146 g/mol. The number of benzene rings is 1. The van der Waals surface area contributed by atoms with Crippen LogP contribution in [-0.2, 0) is 6.54 Å². The number of para-hydroxylation sites is 1. The summed E-state index contributed by atoms with van der Waals surface area (Å²) >= 11 is 0. The van der Waals surface area contributed by atoms with Crippen LogP contribution in [0.2, 0.25) is 0 Å². The first-order valence-electron chi connectivity index (χ1n) is 3.19. The Morgan fingerprint density at radius 3 is 2.55 bits per heavy atom. The molecule has 1 rings (SSSR count). The number of nitrogens with one attached hydrogen (secondary N) is 1. The average molecular weight is 155 g/mol. The van der Waals surface area contributed by atoms with E-state index >= 15 is 0 Å². The van der Waals surface area contributed by atoms with Gasteiger partial charge < -0.3 is 10.3 Å². The van der Waals surface area contributed by atoms with Crippen molar-refractivity contribution in [1.82, 2.24) is 0 Å². The van der Waals surface area contributed by atoms with E-state index in [1.165, 1.54) is 6.07 Å². The van der Waals surface area contributed by atoms with E-state index in [1.807, 2.05) is 0 Å². The quantitative estimate of drug-likeness (QED) is 0.512. The molecule has 60 valence electrons. The first-order valence-corrected chi connectivity index (χ1v) is 3.19. The zero-order chi connectivity index (χ0) is 8.27. The molecule has 0 aliphatic heterocycles. The van der Waals surface area contributed by atoms with Crippen molar-refractivity contribution in [3.63, 3.8) is 0 Å². The van der Waals surface area contributed by atoms with Gasteiger partial charge >= 0.3 is 0 Å². The first-order chi connectivity index (χ1) is 5.20. The zero-order valence-electron chi connectivity index (χ0n) is 5.82. The van der Waals surface area contributed by atoms with Gasteiger partial charge in [-0.05, 0) is 12.1 Å². The average Bonchev–Trinajstić information content (AvgIpc) is 1.93. The van der Waals surface area contributed by atoms with Gasteiger partial charge in [-0.2, -0.15) is 0 Å². The molecule has 1 aromatic rings. The number of phenolic OH excluding ortho intramolecular Hbond substituents is 1. The van der Waals surface area contributed by atoms with E-state index in [0.29, 0.717) is 5.56 Å². The summed E-state index contributed by atoms with van der Waals surface area (Å²) in [7, 11) is 0. The van der Waals surface area contributed by atoms with Gasteiger partial charge in [0.15, 0.2) is 0 Å². The molecule has 0 aromatic heterocycles. The van der Waals surface area contributed by atoms with Gasteiger partial charge in [0, 0.05) is 0 Å². The third-order valence-electron chi connectivity index (χ3n) is 1.33. The van der Waals surface area contributed by atoms with Crippen molar-refractivity contribution in [2.45, 2.75) is 6.54 Å². The molecule has 4 nitrogen and oxygen atoms in total. The second-order valence-corrected chi connectivity index (χ2v) is 2.20. The van der Waals surface area contributed by atoms with Gasteiger partial charge in [0.1, 0.15) is 12.3 Å². The van der Waals surface area contributed by atoms with Crippen molar-refractivity contribution >= 4 is 0 Å². The van der Waals surface area contributed by atoms with Crippen molar-refractivity contribution < 1.29 is 15.5 Å². The predicted molar refractivity (Wildman–Crippen MR) is 37.9 cm³/mol. The molecule has 0 aliphatic rings. The van der Waals surface area contributed by atoms with E-state index in [1.54, 1.807) is 18.2 Å². The molecule has 4 heteroatoms. The van der Waals surface area contributed by atoms with Crippen molar-refractivity contribution in [3.8, 4) is 5.75 Å². The van der Waals surface area contributed by atoms with Crippen LogP contribution in [0.15, 0.2) is 24.3 Å². The number of hydrogen-bond donors (Lipinski definition) is 3. The van der Waals surface area contributed by atoms with E-state index < -0.39 is 5.23 Å². The Balaban J connectivity index is 2.78. The molecule has 0 saturated carbocycles. The van der Waals surface area contributed by atoms with Crippen LogP contribution < -0.4 is 5.23 Å². The molecule has 1 atom stereocenters. The summed E-state index contributed by atoms with van der Waals surface area (Å²) in [6, 6.07) is 6.40. The van der Waals surface area contributed by atoms with E-state index in [0.717, 1.165) is 0 Å². The van der Waals surface area contributed by atoms with Crippen LogP contribution in [0.4, 0.5) is 0 Å². The highest BCUT2D eigenvalue weighted by Gasteiger charge is 2.01. The Kier molecular flexibility index (Phi) is 2.43. The number of hydrogen-bond acceptors (Lipinski definition) is 3. The molecule has 0 spiro atoms. The topological polar surface area (TPSA) is 68.0 Å². The minimum absolute atomic E-state index is 0.0369. The molecule has 3 N–H and O–H groups in total. The number of aromatic hydroxyl groups is 1. The lowest BCUT2D eigenvalue weighted by atomic mass is 10.2. The second-order valence-electron chi connectivity index (χ2n) is 2.20. The molecule has 1 unspecified atom stereocenters. The minimum Gasteiger partial charge on any atom is -0.600 e. The standard InChI is InChI=1S/C7H9NO3/c9-7-4-2-1-3-6(7)5-8(10)11/h1-4,8-10H,5H2. The molecule has 11 heavy (non-hydrogen) atoms. The summed E-state index contributed by atoms with van der Waals surface area (Å²) in [5, 5.41) is 26.7. The van der Waals surface area contributed by atoms with Gasteiger partial charge in [0.25, 0.3) is 0 Å². The summed E-state index contributed by atoms with van der Waals surface area (Å²) < 4.78 is 0. The second kappa shape index (κ2) is 3.34. The largest absolute Gasteiger partial charge is 0.600 e. The summed E-state index contributed by atoms with van der Waals surface area (Å²) in [6.07, 6.45) is 0. The van der Waals surface area contributed by atoms with E-state index in [-0.39, 0.29) is 12.3 Å². The molecule has 0 bridgehead atoms. The van der Waals surface area contributed by atoms with E-state index in [4.69, 9.17) is 10.3 Å². The summed E-state index contributed by atoms with van der Waals surface area (Å²) in [5.41, 5.74) is 0.444. The lowest BCUT2D eigenvalue weighted by Crippen LogP contribution is -3.03. The fourth-order valence-corrected chi connectivity index (χ4v) is 0.823. The van der Waals surface area contributed by atoms with Crippen LogP contribution in [0.5, 0.6) is 5.75 Å². The Bertz CT molecular complexity index is 237. The van der Waals surface area contributed by atoms with Crippen LogP contribution in [-0.4, -0.2) is 10.3 Å². The highest BCUT2D eigenvalue weighted by atomic mass is 16.8. The molecule has 0 heterocycles. The number of quaternary nitrogens is 1. The van der Waals surface area contributed by atoms with Crippen LogP contribution in [0, 0.1) is 5.21 Å². The van der Waals surface area contributed by atoms with Crippen molar-refractivity contribution in [2.24, 2.45) is 0 Å². The van der Waals surface area contributed by atoms with E-state index in [9.17, 15) is 5.21 Å². The summed E-state index contributed by atoms with van der Waals surface area (Å²) in [4.78, 5) is 0. The number of rotatable bonds is 2. The number of phenols is 1. The van der Waals surface area contributed by atoms with Gasteiger partial charge in [-0.25, -0.2) is 10.4 Å². The monoisotopic (exact) mass is 155 g/mol. The van der Waals surface area contributed by atoms with Crippen molar-refractivity contribution in [3.05, 3.63) is 35.0 Å². The summed E-state index contributed by atoms with van der Waals surface area (Å²) in [5.74, 6) is 0.0369. The molecule has 0 amide bonds. The van der Waals surface area contributed by atoms with Gasteiger partial charge in [-0.3, -0.25) is 0 Å². The third kappa shape index (κ3) is 2.19. The third-order valence-corrected chi connectivity index (χ3v) is 1.33. The Labute approximate surface area is 63.8 Å².